The molecule has 140 valence electrons. The number of carbonyl (C=O) groups excluding carboxylic acids is 1. The molecule has 4 heteroatoms. The molecule has 2 fully saturated rings. The first-order valence-corrected chi connectivity index (χ1v) is 9.47. The second kappa shape index (κ2) is 12.5. The fourth-order valence-electron chi connectivity index (χ4n) is 3.41. The second-order valence-electron chi connectivity index (χ2n) is 6.71. The van der Waals surface area contributed by atoms with Gasteiger partial charge in [0.1, 0.15) is 0 Å². The van der Waals surface area contributed by atoms with E-state index in [9.17, 15) is 4.79 Å². The summed E-state index contributed by atoms with van der Waals surface area (Å²) in [4.78, 5) is 12.1. The third-order valence-electron chi connectivity index (χ3n) is 4.89. The molecule has 3 nitrogen and oxygen atoms in total. The number of hydrogen-bond acceptors (Lipinski definition) is 2. The van der Waals surface area contributed by atoms with Gasteiger partial charge in [-0.15, -0.1) is 0 Å². The minimum absolute atomic E-state index is 0. The average Bonchev–Trinajstić information content (AvgIpc) is 3.33. The third kappa shape index (κ3) is 7.52. The van der Waals surface area contributed by atoms with Crippen LogP contribution < -0.4 is 10.6 Å². The Bertz CT molecular complexity index is 485. The molecular formula is C21H32FeN2O. The summed E-state index contributed by atoms with van der Waals surface area (Å²) in [5.74, 6) is 0.224. The summed E-state index contributed by atoms with van der Waals surface area (Å²) in [5.41, 5.74) is 2.12. The number of hydrogen-bond donors (Lipinski definition) is 2. The fourth-order valence-corrected chi connectivity index (χ4v) is 3.41. The van der Waals surface area contributed by atoms with Crippen LogP contribution in [0.25, 0.3) is 0 Å². The van der Waals surface area contributed by atoms with Crippen molar-refractivity contribution in [3.05, 3.63) is 42.7 Å². The molecule has 0 aromatic heterocycles. The molecule has 0 bridgehead atoms. The van der Waals surface area contributed by atoms with Crippen molar-refractivity contribution in [1.82, 2.24) is 5.32 Å². The van der Waals surface area contributed by atoms with E-state index in [1.807, 2.05) is 19.2 Å². The zero-order chi connectivity index (χ0) is 17.2. The van der Waals surface area contributed by atoms with Gasteiger partial charge in [0.2, 0.25) is 0 Å². The number of carbonyl (C=O) groups is 1. The molecule has 0 heterocycles. The summed E-state index contributed by atoms with van der Waals surface area (Å²) >= 11 is 0. The first-order valence-electron chi connectivity index (χ1n) is 9.47. The van der Waals surface area contributed by atoms with E-state index in [0.29, 0.717) is 6.04 Å². The molecule has 0 aliphatic heterocycles. The van der Waals surface area contributed by atoms with Crippen LogP contribution in [0.5, 0.6) is 0 Å². The van der Waals surface area contributed by atoms with Gasteiger partial charge in [0.25, 0.3) is 0 Å². The number of benzene rings is 1. The summed E-state index contributed by atoms with van der Waals surface area (Å²) in [6, 6.07) is 8.47. The molecule has 2 atom stereocenters. The molecule has 3 rings (SSSR count). The van der Waals surface area contributed by atoms with Crippen molar-refractivity contribution >= 4 is 11.6 Å². The predicted octanol–water partition coefficient (Wildman–Crippen LogP) is 5.06. The largest absolute Gasteiger partial charge is 2.00 e. The Morgan fingerprint density at radius 3 is 2.52 bits per heavy atom. The number of nitrogens with one attached hydrogen (secondary N) is 2. The molecule has 2 N–H and O–H groups in total. The van der Waals surface area contributed by atoms with E-state index in [4.69, 9.17) is 0 Å². The summed E-state index contributed by atoms with van der Waals surface area (Å²) < 4.78 is 0. The summed E-state index contributed by atoms with van der Waals surface area (Å²) in [7, 11) is 1.97. The fraction of sp³-hybridized carbons (Fsp3) is 0.571. The van der Waals surface area contributed by atoms with Gasteiger partial charge in [0.15, 0.2) is 5.91 Å². The van der Waals surface area contributed by atoms with Crippen LogP contribution >= 0.6 is 0 Å². The Balaban J connectivity index is 0.000000448. The third-order valence-corrected chi connectivity index (χ3v) is 4.89. The number of anilines is 1. The molecule has 0 spiro atoms. The van der Waals surface area contributed by atoms with Crippen molar-refractivity contribution in [1.29, 1.82) is 0 Å². The Hall–Kier alpha value is -0.831. The SMILES string of the molecule is CCC(NC)c1cccc(NC(=O)C2[CH-]CCC2)c1.[CH-]1CCCC1.[Fe+2]. The van der Waals surface area contributed by atoms with Crippen LogP contribution in [0.15, 0.2) is 24.3 Å². The normalized spacial score (nSPS) is 20.2. The van der Waals surface area contributed by atoms with E-state index in [1.54, 1.807) is 0 Å². The molecule has 2 unspecified atom stereocenters. The van der Waals surface area contributed by atoms with Crippen molar-refractivity contribution in [2.45, 2.75) is 64.3 Å². The molecule has 1 amide bonds. The Labute approximate surface area is 164 Å². The van der Waals surface area contributed by atoms with Crippen molar-refractivity contribution in [3.8, 4) is 0 Å². The van der Waals surface area contributed by atoms with E-state index >= 15 is 0 Å². The van der Waals surface area contributed by atoms with Crippen LogP contribution in [0, 0.1) is 18.8 Å². The van der Waals surface area contributed by atoms with E-state index in [1.165, 1.54) is 31.2 Å². The molecule has 1 aromatic carbocycles. The van der Waals surface area contributed by atoms with E-state index < -0.39 is 0 Å². The molecule has 2 saturated carbocycles. The molecule has 0 radical (unpaired) electrons. The van der Waals surface area contributed by atoms with Crippen molar-refractivity contribution in [3.63, 3.8) is 0 Å². The van der Waals surface area contributed by atoms with Crippen molar-refractivity contribution in [2.24, 2.45) is 5.92 Å². The molecular weight excluding hydrogens is 352 g/mol. The van der Waals surface area contributed by atoms with Gasteiger partial charge < -0.3 is 23.5 Å². The van der Waals surface area contributed by atoms with Crippen molar-refractivity contribution in [2.75, 3.05) is 12.4 Å². The Morgan fingerprint density at radius 2 is 2.00 bits per heavy atom. The van der Waals surface area contributed by atoms with Gasteiger partial charge in [-0.25, -0.2) is 0 Å². The average molecular weight is 384 g/mol. The maximum absolute atomic E-state index is 12.1. The summed E-state index contributed by atoms with van der Waals surface area (Å²) in [6.45, 7) is 2.15. The summed E-state index contributed by atoms with van der Waals surface area (Å²) in [5, 5.41) is 6.31. The van der Waals surface area contributed by atoms with Gasteiger partial charge in [-0.05, 0) is 31.2 Å². The van der Waals surface area contributed by atoms with Gasteiger partial charge in [-0.2, -0.15) is 19.3 Å². The quantitative estimate of drug-likeness (QED) is 0.550. The van der Waals surface area contributed by atoms with Gasteiger partial charge in [-0.3, -0.25) is 4.79 Å². The van der Waals surface area contributed by atoms with Crippen LogP contribution in [-0.4, -0.2) is 13.0 Å². The molecule has 1 aromatic rings. The maximum atomic E-state index is 12.1. The van der Waals surface area contributed by atoms with Crippen LogP contribution in [0.4, 0.5) is 5.69 Å². The van der Waals surface area contributed by atoms with Gasteiger partial charge in [0.05, 0.1) is 0 Å². The zero-order valence-corrected chi connectivity index (χ0v) is 16.6. The Morgan fingerprint density at radius 1 is 1.24 bits per heavy atom. The smallest absolute Gasteiger partial charge is 0.328 e. The standard InChI is InChI=1S/C16H23N2O.C5H9.Fe/c1-3-15(17-2)13-9-6-10-14(11-13)18-16(19)12-7-4-5-8-12;1-2-4-5-3-1;/h6-7,9-12,15,17H,3-5,8H2,1-2H3,(H,18,19);1H,2-5H2;/q2*-1;+2. The molecule has 0 saturated heterocycles. The van der Waals surface area contributed by atoms with E-state index in [-0.39, 0.29) is 28.9 Å². The van der Waals surface area contributed by atoms with Crippen molar-refractivity contribution < 1.29 is 21.9 Å². The van der Waals surface area contributed by atoms with Gasteiger partial charge in [0, 0.05) is 11.7 Å². The van der Waals surface area contributed by atoms with Crippen LogP contribution in [0.1, 0.15) is 69.9 Å². The number of rotatable bonds is 5. The first kappa shape index (κ1) is 22.2. The number of amides is 1. The zero-order valence-electron chi connectivity index (χ0n) is 15.5. The van der Waals surface area contributed by atoms with E-state index in [2.05, 4.69) is 42.5 Å². The van der Waals surface area contributed by atoms with Crippen LogP contribution in [0.3, 0.4) is 0 Å². The minimum atomic E-state index is 0. The Kier molecular flexibility index (Phi) is 11.1. The molecule has 25 heavy (non-hydrogen) atoms. The van der Waals surface area contributed by atoms with Crippen LogP contribution in [-0.2, 0) is 21.9 Å². The summed E-state index contributed by atoms with van der Waals surface area (Å²) in [6.07, 6.45) is 14.3. The minimum Gasteiger partial charge on any atom is -0.328 e. The van der Waals surface area contributed by atoms with E-state index in [0.717, 1.165) is 31.4 Å². The monoisotopic (exact) mass is 384 g/mol. The first-order chi connectivity index (χ1) is 11.7. The molecule has 2 aliphatic carbocycles. The van der Waals surface area contributed by atoms with Gasteiger partial charge >= 0.3 is 17.1 Å². The molecule has 2 aliphatic rings. The van der Waals surface area contributed by atoms with Gasteiger partial charge in [-0.1, -0.05) is 50.7 Å². The predicted molar refractivity (Wildman–Crippen MR) is 102 cm³/mol. The topological polar surface area (TPSA) is 41.1 Å². The maximum Gasteiger partial charge on any atom is 2.00 e. The van der Waals surface area contributed by atoms with Crippen LogP contribution in [0.2, 0.25) is 0 Å². The second-order valence-corrected chi connectivity index (χ2v) is 6.71.